The maximum absolute atomic E-state index is 13.6. The molecule has 0 N–H and O–H groups in total. The molecule has 2 fully saturated rings. The molecule has 2 aromatic heterocycles. The highest BCUT2D eigenvalue weighted by Crippen LogP contribution is 2.36. The number of rotatable bonds is 6. The summed E-state index contributed by atoms with van der Waals surface area (Å²) in [5.74, 6) is 0.767. The molecule has 1 amide bonds. The SMILES string of the molecule is Cc1ccc(C(C)C)c(Oc2nc3ccccn3c(=O)c2/C=C2/SC(=S)N(CC3CCCO3)C2=O)c1. The first-order valence-electron chi connectivity index (χ1n) is 12.0. The molecule has 2 saturated heterocycles. The van der Waals surface area contributed by atoms with Gasteiger partial charge in [0, 0.05) is 12.8 Å². The fourth-order valence-corrected chi connectivity index (χ4v) is 5.63. The van der Waals surface area contributed by atoms with Crippen molar-refractivity contribution in [2.45, 2.75) is 45.6 Å². The number of aryl methyl sites for hydroxylation is 1. The van der Waals surface area contributed by atoms with E-state index in [1.54, 1.807) is 29.3 Å². The number of pyridine rings is 1. The third-order valence-electron chi connectivity index (χ3n) is 6.29. The van der Waals surface area contributed by atoms with E-state index in [1.807, 2.05) is 31.2 Å². The van der Waals surface area contributed by atoms with E-state index in [0.717, 1.165) is 24.0 Å². The van der Waals surface area contributed by atoms with Crippen LogP contribution >= 0.6 is 24.0 Å². The largest absolute Gasteiger partial charge is 0.438 e. The minimum absolute atomic E-state index is 0.0190. The van der Waals surface area contributed by atoms with Crippen molar-refractivity contribution in [2.24, 2.45) is 0 Å². The van der Waals surface area contributed by atoms with Crippen molar-refractivity contribution in [3.63, 3.8) is 0 Å². The molecule has 7 nitrogen and oxygen atoms in total. The number of aromatic nitrogens is 2. The van der Waals surface area contributed by atoms with Gasteiger partial charge in [0.2, 0.25) is 5.88 Å². The van der Waals surface area contributed by atoms with Crippen molar-refractivity contribution in [3.05, 3.63) is 74.5 Å². The van der Waals surface area contributed by atoms with Crippen molar-refractivity contribution >= 4 is 45.9 Å². The number of nitrogens with zero attached hydrogens (tertiary/aromatic N) is 3. The molecule has 0 bridgehead atoms. The Balaban J connectivity index is 1.58. The van der Waals surface area contributed by atoms with Gasteiger partial charge in [-0.25, -0.2) is 0 Å². The average Bonchev–Trinajstić information content (AvgIpc) is 3.45. The zero-order valence-corrected chi connectivity index (χ0v) is 22.0. The maximum atomic E-state index is 13.6. The van der Waals surface area contributed by atoms with Crippen LogP contribution in [0.25, 0.3) is 11.7 Å². The fraction of sp³-hybridized carbons (Fsp3) is 0.333. The van der Waals surface area contributed by atoms with Crippen LogP contribution in [0, 0.1) is 6.92 Å². The normalized spacial score (nSPS) is 19.3. The number of ether oxygens (including phenoxy) is 2. The second-order valence-corrected chi connectivity index (χ2v) is 11.0. The molecule has 2 aliphatic rings. The molecule has 9 heteroatoms. The minimum atomic E-state index is -0.321. The summed E-state index contributed by atoms with van der Waals surface area (Å²) in [5, 5.41) is 0. The third kappa shape index (κ3) is 4.83. The number of thioether (sulfide) groups is 1. The van der Waals surface area contributed by atoms with Crippen LogP contribution in [0.4, 0.5) is 0 Å². The summed E-state index contributed by atoms with van der Waals surface area (Å²) < 4.78 is 13.9. The Labute approximate surface area is 219 Å². The van der Waals surface area contributed by atoms with E-state index in [4.69, 9.17) is 21.7 Å². The molecule has 186 valence electrons. The summed E-state index contributed by atoms with van der Waals surface area (Å²) in [5.41, 5.74) is 2.37. The van der Waals surface area contributed by atoms with Gasteiger partial charge >= 0.3 is 0 Å². The lowest BCUT2D eigenvalue weighted by atomic mass is 10.0. The standard InChI is InChI=1S/C27H27N3O4S2/c1-16(2)19-10-9-17(3)13-21(19)34-24-20(25(31)29-11-5-4-8-23(29)28-24)14-22-26(32)30(27(35)36-22)15-18-7-6-12-33-18/h4-5,8-11,13-14,16,18H,6-7,12,15H2,1-3H3/b22-14+. The maximum Gasteiger partial charge on any atom is 0.269 e. The summed E-state index contributed by atoms with van der Waals surface area (Å²) in [4.78, 5) is 33.4. The minimum Gasteiger partial charge on any atom is -0.438 e. The molecule has 0 saturated carbocycles. The van der Waals surface area contributed by atoms with Gasteiger partial charge < -0.3 is 9.47 Å². The van der Waals surface area contributed by atoms with Gasteiger partial charge in [-0.05, 0) is 61.1 Å². The van der Waals surface area contributed by atoms with E-state index in [1.165, 1.54) is 16.2 Å². The predicted octanol–water partition coefficient (Wildman–Crippen LogP) is 5.30. The Morgan fingerprint density at radius 2 is 2.11 bits per heavy atom. The number of amides is 1. The molecule has 1 unspecified atom stereocenters. The Morgan fingerprint density at radius 3 is 2.86 bits per heavy atom. The lowest BCUT2D eigenvalue weighted by Gasteiger charge is -2.18. The van der Waals surface area contributed by atoms with Crippen molar-refractivity contribution in [2.75, 3.05) is 13.2 Å². The molecule has 2 aliphatic heterocycles. The summed E-state index contributed by atoms with van der Waals surface area (Å²) in [6.45, 7) is 7.27. The first-order valence-corrected chi connectivity index (χ1v) is 13.2. The van der Waals surface area contributed by atoms with Gasteiger partial charge in [0.25, 0.3) is 11.5 Å². The van der Waals surface area contributed by atoms with Gasteiger partial charge in [0.15, 0.2) is 0 Å². The Kier molecular flexibility index (Phi) is 6.96. The molecule has 1 atom stereocenters. The van der Waals surface area contributed by atoms with Crippen LogP contribution in [0.3, 0.4) is 0 Å². The second kappa shape index (κ2) is 10.2. The van der Waals surface area contributed by atoms with Crippen molar-refractivity contribution in [1.82, 2.24) is 14.3 Å². The van der Waals surface area contributed by atoms with Crippen LogP contribution in [0.2, 0.25) is 0 Å². The van der Waals surface area contributed by atoms with E-state index < -0.39 is 0 Å². The van der Waals surface area contributed by atoms with E-state index >= 15 is 0 Å². The molecule has 0 spiro atoms. The fourth-order valence-electron chi connectivity index (χ4n) is 4.38. The van der Waals surface area contributed by atoms with Crippen molar-refractivity contribution < 1.29 is 14.3 Å². The van der Waals surface area contributed by atoms with Gasteiger partial charge in [-0.2, -0.15) is 4.98 Å². The van der Waals surface area contributed by atoms with Crippen LogP contribution in [0.15, 0.2) is 52.3 Å². The monoisotopic (exact) mass is 521 g/mol. The molecule has 3 aromatic rings. The van der Waals surface area contributed by atoms with Gasteiger partial charge in [0.1, 0.15) is 21.3 Å². The molecular weight excluding hydrogens is 494 g/mol. The first-order chi connectivity index (χ1) is 17.3. The van der Waals surface area contributed by atoms with Gasteiger partial charge in [-0.1, -0.05) is 56.0 Å². The van der Waals surface area contributed by atoms with Crippen molar-refractivity contribution in [3.8, 4) is 11.6 Å². The predicted molar refractivity (Wildman–Crippen MR) is 146 cm³/mol. The van der Waals surface area contributed by atoms with Gasteiger partial charge in [0.05, 0.1) is 17.6 Å². The number of thiocarbonyl (C=S) groups is 1. The lowest BCUT2D eigenvalue weighted by Crippen LogP contribution is -2.35. The number of fused-ring (bicyclic) bond motifs is 1. The van der Waals surface area contributed by atoms with Crippen molar-refractivity contribution in [1.29, 1.82) is 0 Å². The van der Waals surface area contributed by atoms with Crippen LogP contribution in [-0.2, 0) is 9.53 Å². The smallest absolute Gasteiger partial charge is 0.269 e. The number of hydrogen-bond donors (Lipinski definition) is 0. The topological polar surface area (TPSA) is 73.1 Å². The summed E-state index contributed by atoms with van der Waals surface area (Å²) in [6.07, 6.45) is 5.07. The molecule has 1 aromatic carbocycles. The average molecular weight is 522 g/mol. The number of hydrogen-bond acceptors (Lipinski definition) is 7. The van der Waals surface area contributed by atoms with E-state index in [-0.39, 0.29) is 34.9 Å². The van der Waals surface area contributed by atoms with Gasteiger partial charge in [-0.15, -0.1) is 0 Å². The first kappa shape index (κ1) is 24.7. The molecule has 4 heterocycles. The van der Waals surface area contributed by atoms with Gasteiger partial charge in [-0.3, -0.25) is 18.9 Å². The van der Waals surface area contributed by atoms with Crippen LogP contribution < -0.4 is 10.3 Å². The Bertz CT molecular complexity index is 1440. The third-order valence-corrected chi connectivity index (χ3v) is 7.67. The Hall–Kier alpha value is -3.01. The zero-order valence-electron chi connectivity index (χ0n) is 20.4. The second-order valence-electron chi connectivity index (χ2n) is 9.29. The molecule has 36 heavy (non-hydrogen) atoms. The lowest BCUT2D eigenvalue weighted by molar-refractivity contribution is -0.123. The number of carbonyl (C=O) groups is 1. The highest BCUT2D eigenvalue weighted by atomic mass is 32.2. The van der Waals surface area contributed by atoms with E-state index in [9.17, 15) is 9.59 Å². The molecular formula is C27H27N3O4S2. The number of benzene rings is 1. The van der Waals surface area contributed by atoms with Crippen LogP contribution in [0.5, 0.6) is 11.6 Å². The quantitative estimate of drug-likeness (QED) is 0.322. The summed E-state index contributed by atoms with van der Waals surface area (Å²) in [7, 11) is 0. The van der Waals surface area contributed by atoms with Crippen LogP contribution in [-0.4, -0.2) is 43.8 Å². The Morgan fingerprint density at radius 1 is 1.28 bits per heavy atom. The van der Waals surface area contributed by atoms with E-state index in [0.29, 0.717) is 33.8 Å². The molecule has 0 aliphatic carbocycles. The highest BCUT2D eigenvalue weighted by Gasteiger charge is 2.35. The molecule has 0 radical (unpaired) electrons. The summed E-state index contributed by atoms with van der Waals surface area (Å²) in [6, 6.07) is 11.3. The van der Waals surface area contributed by atoms with E-state index in [2.05, 4.69) is 18.8 Å². The van der Waals surface area contributed by atoms with Crippen LogP contribution in [0.1, 0.15) is 49.3 Å². The summed E-state index contributed by atoms with van der Waals surface area (Å²) >= 11 is 6.68. The highest BCUT2D eigenvalue weighted by molar-refractivity contribution is 8.26. The zero-order chi connectivity index (χ0) is 25.4. The number of carbonyl (C=O) groups excluding carboxylic acids is 1. The molecule has 5 rings (SSSR count).